The number of anilines is 1. The molecule has 1 aromatic heterocycles. The third-order valence-electron chi connectivity index (χ3n) is 3.35. The fourth-order valence-corrected chi connectivity index (χ4v) is 2.60. The van der Waals surface area contributed by atoms with Crippen molar-refractivity contribution in [2.45, 2.75) is 32.4 Å². The Kier molecular flexibility index (Phi) is 3.94. The van der Waals surface area contributed by atoms with Crippen LogP contribution in [0, 0.1) is 6.92 Å². The van der Waals surface area contributed by atoms with Crippen molar-refractivity contribution >= 4 is 5.95 Å². The number of nitrogens with zero attached hydrogens (tertiary/aromatic N) is 4. The maximum atomic E-state index is 4.33. The van der Waals surface area contributed by atoms with E-state index in [9.17, 15) is 0 Å². The Morgan fingerprint density at radius 3 is 2.35 bits per heavy atom. The third-order valence-corrected chi connectivity index (χ3v) is 3.35. The Labute approximate surface area is 104 Å². The highest BCUT2D eigenvalue weighted by Gasteiger charge is 2.29. The molecule has 0 aliphatic carbocycles. The van der Waals surface area contributed by atoms with Gasteiger partial charge in [-0.15, -0.1) is 0 Å². The summed E-state index contributed by atoms with van der Waals surface area (Å²) < 4.78 is 0. The van der Waals surface area contributed by atoms with E-state index in [-0.39, 0.29) is 0 Å². The van der Waals surface area contributed by atoms with Gasteiger partial charge in [0.05, 0.1) is 0 Å². The molecule has 1 fully saturated rings. The van der Waals surface area contributed by atoms with Crippen LogP contribution in [0.5, 0.6) is 0 Å². The van der Waals surface area contributed by atoms with E-state index in [1.54, 1.807) is 12.4 Å². The minimum Gasteiger partial charge on any atom is -0.338 e. The van der Waals surface area contributed by atoms with Crippen molar-refractivity contribution < 1.29 is 0 Å². The van der Waals surface area contributed by atoms with Gasteiger partial charge in [0.25, 0.3) is 0 Å². The molecule has 1 radical (unpaired) electrons. The van der Waals surface area contributed by atoms with Crippen LogP contribution in [-0.2, 0) is 0 Å². The predicted octanol–water partition coefficient (Wildman–Crippen LogP) is 1.60. The van der Waals surface area contributed by atoms with E-state index in [0.29, 0.717) is 12.1 Å². The number of aromatic nitrogens is 2. The van der Waals surface area contributed by atoms with Gasteiger partial charge in [0.15, 0.2) is 0 Å². The van der Waals surface area contributed by atoms with Crippen LogP contribution in [0.2, 0.25) is 0 Å². The van der Waals surface area contributed by atoms with Crippen LogP contribution in [0.4, 0.5) is 5.95 Å². The fraction of sp³-hybridized carbons (Fsp3) is 0.615. The zero-order valence-corrected chi connectivity index (χ0v) is 10.7. The summed E-state index contributed by atoms with van der Waals surface area (Å²) in [7, 11) is 0. The molecule has 17 heavy (non-hydrogen) atoms. The average Bonchev–Trinajstić information content (AvgIpc) is 2.35. The first kappa shape index (κ1) is 12.3. The van der Waals surface area contributed by atoms with Crippen molar-refractivity contribution in [1.82, 2.24) is 14.9 Å². The van der Waals surface area contributed by atoms with E-state index >= 15 is 0 Å². The first-order valence-corrected chi connectivity index (χ1v) is 6.29. The molecule has 2 rings (SSSR count). The van der Waals surface area contributed by atoms with Crippen LogP contribution in [0.15, 0.2) is 18.5 Å². The smallest absolute Gasteiger partial charge is 0.225 e. The number of piperazine rings is 1. The highest BCUT2D eigenvalue weighted by Crippen LogP contribution is 2.19. The second-order valence-electron chi connectivity index (χ2n) is 4.74. The molecule has 0 aromatic carbocycles. The maximum Gasteiger partial charge on any atom is 0.225 e. The lowest BCUT2D eigenvalue weighted by molar-refractivity contribution is 0.133. The van der Waals surface area contributed by atoms with Gasteiger partial charge in [0.2, 0.25) is 5.95 Å². The monoisotopic (exact) mass is 233 g/mol. The Bertz CT molecular complexity index is 329. The first-order chi connectivity index (χ1) is 8.22. The average molecular weight is 233 g/mol. The molecule has 0 N–H and O–H groups in total. The van der Waals surface area contributed by atoms with E-state index in [1.807, 2.05) is 6.07 Å². The molecule has 2 atom stereocenters. The Morgan fingerprint density at radius 2 is 1.82 bits per heavy atom. The summed E-state index contributed by atoms with van der Waals surface area (Å²) in [6, 6.07) is 2.92. The molecule has 1 aromatic rings. The minimum atomic E-state index is 0.532. The van der Waals surface area contributed by atoms with Crippen molar-refractivity contribution in [1.29, 1.82) is 0 Å². The fourth-order valence-electron chi connectivity index (χ4n) is 2.60. The predicted molar refractivity (Wildman–Crippen MR) is 69.8 cm³/mol. The lowest BCUT2D eigenvalue weighted by atomic mass is 10.1. The topological polar surface area (TPSA) is 32.3 Å². The Balaban J connectivity index is 2.06. The highest BCUT2D eigenvalue weighted by atomic mass is 15.3. The van der Waals surface area contributed by atoms with Gasteiger partial charge in [-0.1, -0.05) is 6.92 Å². The molecule has 0 bridgehead atoms. The van der Waals surface area contributed by atoms with E-state index in [1.165, 1.54) is 0 Å². The third kappa shape index (κ3) is 2.75. The van der Waals surface area contributed by atoms with Crippen LogP contribution < -0.4 is 4.90 Å². The van der Waals surface area contributed by atoms with Gasteiger partial charge in [0.1, 0.15) is 0 Å². The normalized spacial score (nSPS) is 26.2. The van der Waals surface area contributed by atoms with Crippen molar-refractivity contribution in [2.24, 2.45) is 0 Å². The molecule has 4 nitrogen and oxygen atoms in total. The second-order valence-corrected chi connectivity index (χ2v) is 4.74. The zero-order chi connectivity index (χ0) is 12.3. The van der Waals surface area contributed by atoms with E-state index in [2.05, 4.69) is 40.5 Å². The van der Waals surface area contributed by atoms with Gasteiger partial charge in [0, 0.05) is 37.6 Å². The van der Waals surface area contributed by atoms with Crippen molar-refractivity contribution in [3.63, 3.8) is 0 Å². The molecule has 0 spiro atoms. The molecule has 2 unspecified atom stereocenters. The van der Waals surface area contributed by atoms with Gasteiger partial charge in [-0.05, 0) is 32.9 Å². The molecular formula is C13H21N4. The first-order valence-electron chi connectivity index (χ1n) is 6.29. The standard InChI is InChI=1S/C13H21N4/c1-4-8-17-11(2)9-16(10-12(17)3)13-14-6-5-7-15-13/h5-7,11-12H,1,4,8-10H2,2-3H3. The summed E-state index contributed by atoms with van der Waals surface area (Å²) in [5.41, 5.74) is 0. The zero-order valence-electron chi connectivity index (χ0n) is 10.7. The van der Waals surface area contributed by atoms with Crippen molar-refractivity contribution in [2.75, 3.05) is 24.5 Å². The van der Waals surface area contributed by atoms with Gasteiger partial charge in [-0.3, -0.25) is 4.90 Å². The molecule has 1 aliphatic heterocycles. The Morgan fingerprint density at radius 1 is 1.24 bits per heavy atom. The molecule has 93 valence electrons. The molecular weight excluding hydrogens is 212 g/mol. The number of hydrogen-bond acceptors (Lipinski definition) is 4. The molecule has 0 amide bonds. The summed E-state index contributed by atoms with van der Waals surface area (Å²) in [6.07, 6.45) is 4.58. The largest absolute Gasteiger partial charge is 0.338 e. The quantitative estimate of drug-likeness (QED) is 0.794. The van der Waals surface area contributed by atoms with Gasteiger partial charge in [-0.2, -0.15) is 0 Å². The van der Waals surface area contributed by atoms with Gasteiger partial charge in [-0.25, -0.2) is 9.97 Å². The summed E-state index contributed by atoms with van der Waals surface area (Å²) in [4.78, 5) is 13.4. The van der Waals surface area contributed by atoms with E-state index in [0.717, 1.165) is 32.0 Å². The van der Waals surface area contributed by atoms with Crippen molar-refractivity contribution in [3.8, 4) is 0 Å². The van der Waals surface area contributed by atoms with Gasteiger partial charge < -0.3 is 4.90 Å². The maximum absolute atomic E-state index is 4.33. The molecule has 0 saturated carbocycles. The molecule has 4 heteroatoms. The highest BCUT2D eigenvalue weighted by molar-refractivity contribution is 5.30. The van der Waals surface area contributed by atoms with Crippen LogP contribution >= 0.6 is 0 Å². The lowest BCUT2D eigenvalue weighted by Gasteiger charge is -2.44. The van der Waals surface area contributed by atoms with E-state index < -0.39 is 0 Å². The van der Waals surface area contributed by atoms with Crippen LogP contribution in [0.3, 0.4) is 0 Å². The summed E-state index contributed by atoms with van der Waals surface area (Å²) in [6.45, 7) is 11.5. The summed E-state index contributed by atoms with van der Waals surface area (Å²) >= 11 is 0. The second kappa shape index (κ2) is 5.45. The molecule has 1 aliphatic rings. The van der Waals surface area contributed by atoms with Crippen LogP contribution in [0.1, 0.15) is 20.3 Å². The lowest BCUT2D eigenvalue weighted by Crippen LogP contribution is -2.57. The molecule has 2 heterocycles. The van der Waals surface area contributed by atoms with Gasteiger partial charge >= 0.3 is 0 Å². The summed E-state index contributed by atoms with van der Waals surface area (Å²) in [5, 5.41) is 0. The summed E-state index contributed by atoms with van der Waals surface area (Å²) in [5.74, 6) is 0.848. The SMILES string of the molecule is [CH2]CCN1C(C)CN(c2ncccn2)CC1C. The molecule has 1 saturated heterocycles. The number of rotatable bonds is 3. The van der Waals surface area contributed by atoms with Crippen LogP contribution in [0.25, 0.3) is 0 Å². The minimum absolute atomic E-state index is 0.532. The Hall–Kier alpha value is -1.16. The van der Waals surface area contributed by atoms with Crippen LogP contribution in [-0.4, -0.2) is 46.6 Å². The van der Waals surface area contributed by atoms with E-state index in [4.69, 9.17) is 0 Å². The van der Waals surface area contributed by atoms with Crippen molar-refractivity contribution in [3.05, 3.63) is 25.4 Å². The number of hydrogen-bond donors (Lipinski definition) is 0.